The van der Waals surface area contributed by atoms with E-state index in [0.717, 1.165) is 11.6 Å². The number of benzene rings is 3. The van der Waals surface area contributed by atoms with Crippen molar-refractivity contribution in [2.75, 3.05) is 10.0 Å². The fourth-order valence-electron chi connectivity index (χ4n) is 3.22. The van der Waals surface area contributed by atoms with Crippen molar-refractivity contribution in [2.24, 2.45) is 0 Å². The number of carbonyl (C=O) groups is 1. The van der Waals surface area contributed by atoms with E-state index in [-0.39, 0.29) is 10.5 Å². The van der Waals surface area contributed by atoms with Crippen LogP contribution in [0.4, 0.5) is 25.0 Å². The molecule has 1 heterocycles. The van der Waals surface area contributed by atoms with E-state index in [0.29, 0.717) is 29.5 Å². The smallest absolute Gasteiger partial charge is 0.319 e. The molecule has 0 aliphatic rings. The highest BCUT2D eigenvalue weighted by Gasteiger charge is 2.19. The molecule has 0 fully saturated rings. The third-order valence-corrected chi connectivity index (χ3v) is 6.01. The van der Waals surface area contributed by atoms with Crippen molar-refractivity contribution in [3.05, 3.63) is 108 Å². The predicted octanol–water partition coefficient (Wildman–Crippen LogP) is 5.48. The van der Waals surface area contributed by atoms with E-state index in [4.69, 9.17) is 0 Å². The molecule has 1 aromatic heterocycles. The maximum absolute atomic E-state index is 14.6. The standard InChI is InChI=1S/C25H20F2N4O2S/c26-19-13-22(18-6-2-1-3-7-18)24(23(27)14-19)34(33)31-21-10-8-20(9-11-21)30-25(32)29-16-17-5-4-12-28-15-17/h1-15,31H,16H2,(H2,29,30,32). The molecular weight excluding hydrogens is 458 g/mol. The molecule has 0 aliphatic heterocycles. The molecule has 4 aromatic rings. The molecule has 3 N–H and O–H groups in total. The van der Waals surface area contributed by atoms with Crippen LogP contribution in [-0.2, 0) is 17.5 Å². The molecule has 1 unspecified atom stereocenters. The van der Waals surface area contributed by atoms with E-state index >= 15 is 0 Å². The predicted molar refractivity (Wildman–Crippen MR) is 128 cm³/mol. The highest BCUT2D eigenvalue weighted by atomic mass is 32.2. The first-order valence-electron chi connectivity index (χ1n) is 10.3. The fourth-order valence-corrected chi connectivity index (χ4v) is 4.29. The van der Waals surface area contributed by atoms with Crippen molar-refractivity contribution in [2.45, 2.75) is 11.4 Å². The number of nitrogens with one attached hydrogen (secondary N) is 3. The van der Waals surface area contributed by atoms with E-state index in [2.05, 4.69) is 20.3 Å². The molecule has 1 atom stereocenters. The van der Waals surface area contributed by atoms with Gasteiger partial charge in [0.05, 0.1) is 0 Å². The summed E-state index contributed by atoms with van der Waals surface area (Å²) in [6, 6.07) is 20.1. The SMILES string of the molecule is O=C(NCc1cccnc1)Nc1ccc(NS(=O)c2c(F)cc(F)cc2-c2ccccc2)cc1. The minimum atomic E-state index is -2.01. The third kappa shape index (κ3) is 5.81. The summed E-state index contributed by atoms with van der Waals surface area (Å²) in [6.07, 6.45) is 3.31. The number of amides is 2. The summed E-state index contributed by atoms with van der Waals surface area (Å²) in [7, 11) is -2.01. The Bertz CT molecular complexity index is 1300. The monoisotopic (exact) mass is 478 g/mol. The van der Waals surface area contributed by atoms with Crippen LogP contribution in [0.25, 0.3) is 11.1 Å². The van der Waals surface area contributed by atoms with Gasteiger partial charge in [-0.05, 0) is 47.5 Å². The summed E-state index contributed by atoms with van der Waals surface area (Å²) in [6.45, 7) is 0.325. The van der Waals surface area contributed by atoms with Crippen molar-refractivity contribution in [1.82, 2.24) is 10.3 Å². The molecule has 0 aliphatic carbocycles. The van der Waals surface area contributed by atoms with Crippen molar-refractivity contribution < 1.29 is 17.8 Å². The Morgan fingerprint density at radius 1 is 0.912 bits per heavy atom. The van der Waals surface area contributed by atoms with Gasteiger partial charge in [0.15, 0.2) is 11.0 Å². The average molecular weight is 479 g/mol. The minimum absolute atomic E-state index is 0.149. The molecule has 0 bridgehead atoms. The third-order valence-electron chi connectivity index (χ3n) is 4.81. The molecule has 0 saturated heterocycles. The van der Waals surface area contributed by atoms with Gasteiger partial charge >= 0.3 is 6.03 Å². The van der Waals surface area contributed by atoms with Crippen LogP contribution in [-0.4, -0.2) is 15.2 Å². The molecule has 9 heteroatoms. The van der Waals surface area contributed by atoms with Crippen molar-refractivity contribution in [3.8, 4) is 11.1 Å². The number of nitrogens with zero attached hydrogens (tertiary/aromatic N) is 1. The highest BCUT2D eigenvalue weighted by molar-refractivity contribution is 7.86. The van der Waals surface area contributed by atoms with Crippen molar-refractivity contribution in [1.29, 1.82) is 0 Å². The molecule has 0 radical (unpaired) electrons. The highest BCUT2D eigenvalue weighted by Crippen LogP contribution is 2.30. The summed E-state index contributed by atoms with van der Waals surface area (Å²) in [5.74, 6) is -1.66. The van der Waals surface area contributed by atoms with Gasteiger partial charge in [-0.3, -0.25) is 4.98 Å². The number of carbonyl (C=O) groups excluding carboxylic acids is 1. The van der Waals surface area contributed by atoms with Crippen molar-refractivity contribution >= 4 is 28.4 Å². The Labute approximate surface area is 197 Å². The second kappa shape index (κ2) is 10.7. The zero-order valence-electron chi connectivity index (χ0n) is 17.8. The van der Waals surface area contributed by atoms with E-state index < -0.39 is 28.7 Å². The van der Waals surface area contributed by atoms with E-state index in [9.17, 15) is 17.8 Å². The lowest BCUT2D eigenvalue weighted by Crippen LogP contribution is -2.28. The van der Waals surface area contributed by atoms with Crippen LogP contribution in [0.5, 0.6) is 0 Å². The average Bonchev–Trinajstić information content (AvgIpc) is 2.84. The number of pyridine rings is 1. The van der Waals surface area contributed by atoms with E-state index in [1.54, 1.807) is 73.1 Å². The first-order chi connectivity index (χ1) is 16.5. The summed E-state index contributed by atoms with van der Waals surface area (Å²) in [4.78, 5) is 15.9. The summed E-state index contributed by atoms with van der Waals surface area (Å²) in [5.41, 5.74) is 2.55. The summed E-state index contributed by atoms with van der Waals surface area (Å²) in [5, 5.41) is 5.42. The molecule has 3 aromatic carbocycles. The van der Waals surface area contributed by atoms with Crippen LogP contribution in [0.3, 0.4) is 0 Å². The molecule has 0 saturated carbocycles. The van der Waals surface area contributed by atoms with Gasteiger partial charge in [-0.1, -0.05) is 36.4 Å². The lowest BCUT2D eigenvalue weighted by Gasteiger charge is -2.13. The normalized spacial score (nSPS) is 11.5. The first kappa shape index (κ1) is 23.1. The van der Waals surface area contributed by atoms with Gasteiger partial charge in [-0.25, -0.2) is 17.8 Å². The van der Waals surface area contributed by atoms with Gasteiger partial charge in [-0.15, -0.1) is 0 Å². The largest absolute Gasteiger partial charge is 0.334 e. The number of hydrogen-bond donors (Lipinski definition) is 3. The first-order valence-corrected chi connectivity index (χ1v) is 11.4. The molecule has 2 amide bonds. The zero-order valence-corrected chi connectivity index (χ0v) is 18.6. The van der Waals surface area contributed by atoms with E-state index in [1.807, 2.05) is 6.07 Å². The Hall–Kier alpha value is -4.11. The summed E-state index contributed by atoms with van der Waals surface area (Å²) < 4.78 is 44.2. The Morgan fingerprint density at radius 3 is 2.35 bits per heavy atom. The number of anilines is 2. The van der Waals surface area contributed by atoms with Gasteiger partial charge in [0.2, 0.25) is 0 Å². The van der Waals surface area contributed by atoms with Crippen LogP contribution in [0, 0.1) is 11.6 Å². The van der Waals surface area contributed by atoms with Crippen LogP contribution < -0.4 is 15.4 Å². The molecule has 34 heavy (non-hydrogen) atoms. The number of rotatable bonds is 7. The zero-order chi connectivity index (χ0) is 23.9. The summed E-state index contributed by atoms with van der Waals surface area (Å²) >= 11 is 0. The van der Waals surface area contributed by atoms with Gasteiger partial charge in [0.25, 0.3) is 0 Å². The Kier molecular flexibility index (Phi) is 7.24. The lowest BCUT2D eigenvalue weighted by atomic mass is 10.1. The van der Waals surface area contributed by atoms with Crippen LogP contribution in [0.1, 0.15) is 5.56 Å². The van der Waals surface area contributed by atoms with Gasteiger partial charge in [-0.2, -0.15) is 0 Å². The van der Waals surface area contributed by atoms with Crippen molar-refractivity contribution in [3.63, 3.8) is 0 Å². The maximum Gasteiger partial charge on any atom is 0.319 e. The quantitative estimate of drug-likeness (QED) is 0.329. The number of aromatic nitrogens is 1. The number of hydrogen-bond acceptors (Lipinski definition) is 3. The fraction of sp³-hybridized carbons (Fsp3) is 0.0400. The second-order valence-electron chi connectivity index (χ2n) is 7.25. The molecule has 172 valence electrons. The Morgan fingerprint density at radius 2 is 1.65 bits per heavy atom. The number of urea groups is 1. The lowest BCUT2D eigenvalue weighted by molar-refractivity contribution is 0.251. The van der Waals surface area contributed by atoms with Gasteiger partial charge in [0.1, 0.15) is 16.5 Å². The van der Waals surface area contributed by atoms with Crippen LogP contribution >= 0.6 is 0 Å². The Balaban J connectivity index is 1.43. The van der Waals surface area contributed by atoms with E-state index in [1.165, 1.54) is 0 Å². The molecule has 0 spiro atoms. The second-order valence-corrected chi connectivity index (χ2v) is 8.40. The molecule has 4 rings (SSSR count). The topological polar surface area (TPSA) is 83.1 Å². The molecular formula is C25H20F2N4O2S. The van der Waals surface area contributed by atoms with Gasteiger partial charge < -0.3 is 15.4 Å². The number of halogens is 2. The minimum Gasteiger partial charge on any atom is -0.334 e. The molecule has 6 nitrogen and oxygen atoms in total. The van der Waals surface area contributed by atoms with Crippen LogP contribution in [0.15, 0.2) is 96.2 Å². The van der Waals surface area contributed by atoms with Crippen LogP contribution in [0.2, 0.25) is 0 Å². The van der Waals surface area contributed by atoms with Gasteiger partial charge in [0, 0.05) is 41.9 Å². The maximum atomic E-state index is 14.6.